The van der Waals surface area contributed by atoms with Gasteiger partial charge in [0.1, 0.15) is 0 Å². The summed E-state index contributed by atoms with van der Waals surface area (Å²) in [6, 6.07) is 6.68. The Balaban J connectivity index is 1.86. The van der Waals surface area contributed by atoms with Crippen LogP contribution in [0.4, 0.5) is 8.78 Å². The number of nitrogens with zero attached hydrogens (tertiary/aromatic N) is 1. The molecule has 18 heavy (non-hydrogen) atoms. The fourth-order valence-electron chi connectivity index (χ4n) is 2.54. The van der Waals surface area contributed by atoms with Gasteiger partial charge in [-0.25, -0.2) is 8.78 Å². The van der Waals surface area contributed by atoms with Gasteiger partial charge in [0, 0.05) is 18.7 Å². The maximum absolute atomic E-state index is 12.4. The summed E-state index contributed by atoms with van der Waals surface area (Å²) in [4.78, 5) is 2.39. The highest BCUT2D eigenvalue weighted by Crippen LogP contribution is 2.21. The Labute approximate surface area is 107 Å². The molecule has 1 saturated heterocycles. The number of alkyl halides is 2. The lowest BCUT2D eigenvalue weighted by molar-refractivity contribution is 0.151. The van der Waals surface area contributed by atoms with Crippen LogP contribution in [0.5, 0.6) is 0 Å². The lowest BCUT2D eigenvalue weighted by Gasteiger charge is -2.16. The average Bonchev–Trinajstić information content (AvgIpc) is 2.78. The summed E-state index contributed by atoms with van der Waals surface area (Å²) in [5.41, 5.74) is 1.22. The van der Waals surface area contributed by atoms with Crippen molar-refractivity contribution in [1.82, 2.24) is 10.2 Å². The van der Waals surface area contributed by atoms with Gasteiger partial charge in [0.15, 0.2) is 0 Å². The van der Waals surface area contributed by atoms with E-state index in [1.54, 1.807) is 0 Å². The van der Waals surface area contributed by atoms with Crippen molar-refractivity contribution in [2.24, 2.45) is 5.92 Å². The minimum atomic E-state index is -2.37. The molecule has 1 aliphatic rings. The van der Waals surface area contributed by atoms with Gasteiger partial charge in [0.05, 0.1) is 0 Å². The summed E-state index contributed by atoms with van der Waals surface area (Å²) in [6.45, 7) is 4.12. The molecule has 1 N–H and O–H groups in total. The second kappa shape index (κ2) is 6.25. The van der Waals surface area contributed by atoms with Gasteiger partial charge in [0.2, 0.25) is 0 Å². The van der Waals surface area contributed by atoms with Crippen LogP contribution in [0, 0.1) is 5.92 Å². The summed E-state index contributed by atoms with van der Waals surface area (Å²) >= 11 is 0. The van der Waals surface area contributed by atoms with Crippen LogP contribution in [-0.2, 0) is 6.54 Å². The summed E-state index contributed by atoms with van der Waals surface area (Å²) in [7, 11) is 1.98. The second-order valence-electron chi connectivity index (χ2n) is 4.99. The van der Waals surface area contributed by atoms with Gasteiger partial charge in [-0.15, -0.1) is 0 Å². The van der Waals surface area contributed by atoms with Gasteiger partial charge in [-0.05, 0) is 38.0 Å². The van der Waals surface area contributed by atoms with E-state index >= 15 is 0 Å². The second-order valence-corrected chi connectivity index (χ2v) is 4.99. The molecule has 0 amide bonds. The van der Waals surface area contributed by atoms with Crippen LogP contribution in [0.25, 0.3) is 0 Å². The van der Waals surface area contributed by atoms with Crippen molar-refractivity contribution in [3.8, 4) is 0 Å². The molecule has 1 atom stereocenters. The standard InChI is InChI=1S/C14H20F2N2/c1-17-8-12-6-7-18(10-12)9-11-2-4-13(5-3-11)14(15)16/h2-5,12,14,17H,6-10H2,1H3. The van der Waals surface area contributed by atoms with Crippen LogP contribution in [0.1, 0.15) is 24.0 Å². The molecule has 1 fully saturated rings. The molecule has 1 aromatic carbocycles. The first kappa shape index (κ1) is 13.4. The van der Waals surface area contributed by atoms with Crippen LogP contribution in [0.2, 0.25) is 0 Å². The largest absolute Gasteiger partial charge is 0.319 e. The number of halogens is 2. The van der Waals surface area contributed by atoms with E-state index in [-0.39, 0.29) is 5.56 Å². The zero-order valence-electron chi connectivity index (χ0n) is 10.7. The van der Waals surface area contributed by atoms with Crippen LogP contribution < -0.4 is 5.32 Å². The highest BCUT2D eigenvalue weighted by molar-refractivity contribution is 5.23. The molecule has 1 aliphatic heterocycles. The van der Waals surface area contributed by atoms with Gasteiger partial charge in [0.25, 0.3) is 6.43 Å². The summed E-state index contributed by atoms with van der Waals surface area (Å²) < 4.78 is 24.8. The lowest BCUT2D eigenvalue weighted by atomic mass is 10.1. The molecule has 0 aromatic heterocycles. The molecule has 0 bridgehead atoms. The Hall–Kier alpha value is -1.00. The molecule has 2 rings (SSSR count). The van der Waals surface area contributed by atoms with Gasteiger partial charge < -0.3 is 5.32 Å². The van der Waals surface area contributed by atoms with E-state index in [4.69, 9.17) is 0 Å². The molecule has 1 heterocycles. The Kier molecular flexibility index (Phi) is 4.66. The average molecular weight is 254 g/mol. The van der Waals surface area contributed by atoms with Crippen molar-refractivity contribution in [3.05, 3.63) is 35.4 Å². The van der Waals surface area contributed by atoms with Crippen molar-refractivity contribution < 1.29 is 8.78 Å². The fourth-order valence-corrected chi connectivity index (χ4v) is 2.54. The maximum Gasteiger partial charge on any atom is 0.263 e. The van der Waals surface area contributed by atoms with Crippen molar-refractivity contribution in [1.29, 1.82) is 0 Å². The van der Waals surface area contributed by atoms with E-state index in [0.29, 0.717) is 0 Å². The van der Waals surface area contributed by atoms with Crippen molar-refractivity contribution in [3.63, 3.8) is 0 Å². The first-order valence-electron chi connectivity index (χ1n) is 6.43. The van der Waals surface area contributed by atoms with E-state index in [2.05, 4.69) is 10.2 Å². The predicted octanol–water partition coefficient (Wildman–Crippen LogP) is 2.67. The van der Waals surface area contributed by atoms with Crippen LogP contribution >= 0.6 is 0 Å². The molecule has 4 heteroatoms. The van der Waals surface area contributed by atoms with Gasteiger partial charge in [-0.2, -0.15) is 0 Å². The van der Waals surface area contributed by atoms with Crippen LogP contribution in [0.15, 0.2) is 24.3 Å². The number of likely N-dealkylation sites (tertiary alicyclic amines) is 1. The van der Waals surface area contributed by atoms with Gasteiger partial charge in [-0.1, -0.05) is 24.3 Å². The Bertz CT molecular complexity index is 365. The number of rotatable bonds is 5. The highest BCUT2D eigenvalue weighted by Gasteiger charge is 2.21. The number of hydrogen-bond donors (Lipinski definition) is 1. The topological polar surface area (TPSA) is 15.3 Å². The molecule has 100 valence electrons. The smallest absolute Gasteiger partial charge is 0.263 e. The van der Waals surface area contributed by atoms with E-state index in [1.807, 2.05) is 19.2 Å². The number of benzene rings is 1. The molecule has 2 nitrogen and oxygen atoms in total. The third-order valence-corrected chi connectivity index (χ3v) is 3.50. The minimum Gasteiger partial charge on any atom is -0.319 e. The van der Waals surface area contributed by atoms with Gasteiger partial charge in [-0.3, -0.25) is 4.90 Å². The third-order valence-electron chi connectivity index (χ3n) is 3.50. The molecular formula is C14H20F2N2. The van der Waals surface area contributed by atoms with Crippen molar-refractivity contribution in [2.45, 2.75) is 19.4 Å². The molecule has 0 saturated carbocycles. The zero-order chi connectivity index (χ0) is 13.0. The lowest BCUT2D eigenvalue weighted by Crippen LogP contribution is -2.24. The Morgan fingerprint density at radius 3 is 2.67 bits per heavy atom. The SMILES string of the molecule is CNCC1CCN(Cc2ccc(C(F)F)cc2)C1. The summed E-state index contributed by atoms with van der Waals surface area (Å²) in [5.74, 6) is 0.718. The fraction of sp³-hybridized carbons (Fsp3) is 0.571. The van der Waals surface area contributed by atoms with Crippen molar-refractivity contribution in [2.75, 3.05) is 26.7 Å². The van der Waals surface area contributed by atoms with E-state index in [0.717, 1.165) is 37.7 Å². The van der Waals surface area contributed by atoms with E-state index in [1.165, 1.54) is 18.6 Å². The molecule has 0 spiro atoms. The molecule has 1 unspecified atom stereocenters. The van der Waals surface area contributed by atoms with Crippen molar-refractivity contribution >= 4 is 0 Å². The molecular weight excluding hydrogens is 234 g/mol. The quantitative estimate of drug-likeness (QED) is 0.869. The first-order valence-corrected chi connectivity index (χ1v) is 6.43. The van der Waals surface area contributed by atoms with Gasteiger partial charge >= 0.3 is 0 Å². The number of hydrogen-bond acceptors (Lipinski definition) is 2. The maximum atomic E-state index is 12.4. The van der Waals surface area contributed by atoms with Crippen LogP contribution in [-0.4, -0.2) is 31.6 Å². The Morgan fingerprint density at radius 2 is 2.06 bits per heavy atom. The normalized spacial score (nSPS) is 20.8. The minimum absolute atomic E-state index is 0.105. The van der Waals surface area contributed by atoms with Crippen LogP contribution in [0.3, 0.4) is 0 Å². The summed E-state index contributed by atoms with van der Waals surface area (Å²) in [5, 5.41) is 3.20. The highest BCUT2D eigenvalue weighted by atomic mass is 19.3. The molecule has 0 radical (unpaired) electrons. The van der Waals surface area contributed by atoms with E-state index in [9.17, 15) is 8.78 Å². The first-order chi connectivity index (χ1) is 8.69. The monoisotopic (exact) mass is 254 g/mol. The summed E-state index contributed by atoms with van der Waals surface area (Å²) in [6.07, 6.45) is -1.15. The zero-order valence-corrected chi connectivity index (χ0v) is 10.7. The number of nitrogens with one attached hydrogen (secondary N) is 1. The predicted molar refractivity (Wildman–Crippen MR) is 68.7 cm³/mol. The molecule has 1 aromatic rings. The Morgan fingerprint density at radius 1 is 1.33 bits per heavy atom. The third kappa shape index (κ3) is 3.50. The van der Waals surface area contributed by atoms with E-state index < -0.39 is 6.43 Å². The molecule has 0 aliphatic carbocycles.